The van der Waals surface area contributed by atoms with Crippen molar-refractivity contribution in [1.82, 2.24) is 0 Å². The lowest BCUT2D eigenvalue weighted by Crippen LogP contribution is -2.17. The number of esters is 1. The molecule has 0 amide bonds. The van der Waals surface area contributed by atoms with Gasteiger partial charge in [-0.2, -0.15) is 0 Å². The Bertz CT molecular complexity index is 195. The zero-order valence-electron chi connectivity index (χ0n) is 10.3. The number of carbonyl (C=O) groups excluding carboxylic acids is 1. The van der Waals surface area contributed by atoms with Gasteiger partial charge in [0, 0.05) is 0 Å². The average molecular weight is 212 g/mol. The Morgan fingerprint density at radius 1 is 1.33 bits per heavy atom. The summed E-state index contributed by atoms with van der Waals surface area (Å²) < 4.78 is 4.68. The molecule has 0 aliphatic rings. The zero-order chi connectivity index (χ0) is 11.7. The maximum Gasteiger partial charge on any atom is 0.306 e. The normalized spacial score (nSPS) is 11.1. The van der Waals surface area contributed by atoms with Gasteiger partial charge in [0.2, 0.25) is 0 Å². The second kappa shape index (κ2) is 7.49. The number of methoxy groups -OCH3 is 1. The van der Waals surface area contributed by atoms with Crippen LogP contribution in [0.1, 0.15) is 52.4 Å². The first-order valence-electron chi connectivity index (χ1n) is 5.69. The van der Waals surface area contributed by atoms with Gasteiger partial charge in [-0.05, 0) is 24.7 Å². The summed E-state index contributed by atoms with van der Waals surface area (Å²) in [4.78, 5) is 11.1. The fourth-order valence-electron chi connectivity index (χ4n) is 1.62. The number of allylic oxidation sites excluding steroid dienone is 1. The Balaban J connectivity index is 3.63. The minimum absolute atomic E-state index is 0.0707. The molecule has 0 rings (SSSR count). The molecule has 0 saturated heterocycles. The van der Waals surface area contributed by atoms with E-state index in [-0.39, 0.29) is 11.4 Å². The third kappa shape index (κ3) is 8.22. The Labute approximate surface area is 93.7 Å². The molecule has 0 fully saturated rings. The molecule has 0 spiro atoms. The summed E-state index contributed by atoms with van der Waals surface area (Å²) in [5, 5.41) is 0. The number of carbonyl (C=O) groups is 1. The second-order valence-corrected chi connectivity index (χ2v) is 4.81. The van der Waals surface area contributed by atoms with E-state index in [4.69, 9.17) is 0 Å². The predicted molar refractivity (Wildman–Crippen MR) is 63.7 cm³/mol. The second-order valence-electron chi connectivity index (χ2n) is 4.81. The lowest BCUT2D eigenvalue weighted by atomic mass is 9.83. The highest BCUT2D eigenvalue weighted by Gasteiger charge is 2.21. The molecule has 0 aromatic rings. The zero-order valence-corrected chi connectivity index (χ0v) is 10.3. The van der Waals surface area contributed by atoms with E-state index in [1.807, 2.05) is 6.08 Å². The Kier molecular flexibility index (Phi) is 7.10. The maximum atomic E-state index is 11.1. The summed E-state index contributed by atoms with van der Waals surface area (Å²) in [5.41, 5.74) is 0.0707. The predicted octanol–water partition coefficient (Wildman–Crippen LogP) is 3.71. The van der Waals surface area contributed by atoms with Gasteiger partial charge >= 0.3 is 5.97 Å². The summed E-state index contributed by atoms with van der Waals surface area (Å²) in [6.07, 6.45) is 8.26. The van der Waals surface area contributed by atoms with Crippen LogP contribution in [-0.2, 0) is 9.53 Å². The molecule has 0 saturated carbocycles. The van der Waals surface area contributed by atoms with E-state index in [1.165, 1.54) is 26.4 Å². The largest absolute Gasteiger partial charge is 0.469 e. The highest BCUT2D eigenvalue weighted by molar-refractivity contribution is 5.69. The van der Waals surface area contributed by atoms with Crippen molar-refractivity contribution in [3.05, 3.63) is 12.7 Å². The highest BCUT2D eigenvalue weighted by Crippen LogP contribution is 2.28. The van der Waals surface area contributed by atoms with Crippen LogP contribution in [-0.4, -0.2) is 13.1 Å². The van der Waals surface area contributed by atoms with Crippen LogP contribution >= 0.6 is 0 Å². The van der Waals surface area contributed by atoms with Crippen molar-refractivity contribution < 1.29 is 9.53 Å². The topological polar surface area (TPSA) is 26.3 Å². The SMILES string of the molecule is C=CCCCCCC(C)(C)CC(=O)OC. The maximum absolute atomic E-state index is 11.1. The summed E-state index contributed by atoms with van der Waals surface area (Å²) >= 11 is 0. The van der Waals surface area contributed by atoms with Crippen LogP contribution in [0.3, 0.4) is 0 Å². The summed E-state index contributed by atoms with van der Waals surface area (Å²) in [5.74, 6) is -0.105. The Morgan fingerprint density at radius 2 is 2.00 bits per heavy atom. The van der Waals surface area contributed by atoms with E-state index in [0.29, 0.717) is 6.42 Å². The van der Waals surface area contributed by atoms with E-state index in [2.05, 4.69) is 25.2 Å². The van der Waals surface area contributed by atoms with Crippen molar-refractivity contribution in [2.24, 2.45) is 5.41 Å². The van der Waals surface area contributed by atoms with Gasteiger partial charge in [-0.15, -0.1) is 6.58 Å². The van der Waals surface area contributed by atoms with Crippen LogP contribution < -0.4 is 0 Å². The summed E-state index contributed by atoms with van der Waals surface area (Å²) in [6, 6.07) is 0. The standard InChI is InChI=1S/C13H24O2/c1-5-6-7-8-9-10-13(2,3)11-12(14)15-4/h5H,1,6-11H2,2-4H3. The van der Waals surface area contributed by atoms with Crippen LogP contribution in [0.25, 0.3) is 0 Å². The average Bonchev–Trinajstić information content (AvgIpc) is 2.16. The molecule has 0 N–H and O–H groups in total. The third-order valence-corrected chi connectivity index (χ3v) is 2.61. The molecule has 0 aliphatic heterocycles. The molecule has 15 heavy (non-hydrogen) atoms. The van der Waals surface area contributed by atoms with Gasteiger partial charge in [0.25, 0.3) is 0 Å². The van der Waals surface area contributed by atoms with Gasteiger partial charge in [0.1, 0.15) is 0 Å². The fourth-order valence-corrected chi connectivity index (χ4v) is 1.62. The smallest absolute Gasteiger partial charge is 0.306 e. The lowest BCUT2D eigenvalue weighted by Gasteiger charge is -2.22. The molecule has 0 bridgehead atoms. The van der Waals surface area contributed by atoms with Gasteiger partial charge in [-0.25, -0.2) is 0 Å². The molecule has 0 unspecified atom stereocenters. The van der Waals surface area contributed by atoms with E-state index >= 15 is 0 Å². The van der Waals surface area contributed by atoms with E-state index in [9.17, 15) is 4.79 Å². The summed E-state index contributed by atoms with van der Waals surface area (Å²) in [6.45, 7) is 7.94. The number of rotatable bonds is 8. The molecule has 0 radical (unpaired) electrons. The Hall–Kier alpha value is -0.790. The van der Waals surface area contributed by atoms with Gasteiger partial charge in [0.15, 0.2) is 0 Å². The molecule has 2 heteroatoms. The minimum Gasteiger partial charge on any atom is -0.469 e. The quantitative estimate of drug-likeness (QED) is 0.348. The highest BCUT2D eigenvalue weighted by atomic mass is 16.5. The lowest BCUT2D eigenvalue weighted by molar-refractivity contribution is -0.143. The molecular formula is C13H24O2. The number of ether oxygens (including phenoxy) is 1. The van der Waals surface area contributed by atoms with Gasteiger partial charge in [-0.1, -0.05) is 32.8 Å². The molecule has 0 atom stereocenters. The van der Waals surface area contributed by atoms with Gasteiger partial charge in [-0.3, -0.25) is 4.79 Å². The molecule has 0 aromatic carbocycles. The molecule has 2 nitrogen and oxygen atoms in total. The van der Waals surface area contributed by atoms with Crippen molar-refractivity contribution in [2.75, 3.05) is 7.11 Å². The van der Waals surface area contributed by atoms with Crippen LogP contribution in [0.15, 0.2) is 12.7 Å². The van der Waals surface area contributed by atoms with Crippen molar-refractivity contribution in [3.63, 3.8) is 0 Å². The van der Waals surface area contributed by atoms with Crippen molar-refractivity contribution in [2.45, 2.75) is 52.4 Å². The van der Waals surface area contributed by atoms with Crippen molar-refractivity contribution in [3.8, 4) is 0 Å². The van der Waals surface area contributed by atoms with Crippen LogP contribution in [0.4, 0.5) is 0 Å². The minimum atomic E-state index is -0.105. The fraction of sp³-hybridized carbons (Fsp3) is 0.769. The molecule has 0 aliphatic carbocycles. The molecule has 0 aromatic heterocycles. The van der Waals surface area contributed by atoms with Crippen LogP contribution in [0.5, 0.6) is 0 Å². The molecule has 88 valence electrons. The summed E-state index contributed by atoms with van der Waals surface area (Å²) in [7, 11) is 1.45. The van der Waals surface area contributed by atoms with E-state index < -0.39 is 0 Å². The first-order valence-corrected chi connectivity index (χ1v) is 5.69. The molecular weight excluding hydrogens is 188 g/mol. The van der Waals surface area contributed by atoms with E-state index in [1.54, 1.807) is 0 Å². The number of hydrogen-bond donors (Lipinski definition) is 0. The monoisotopic (exact) mass is 212 g/mol. The molecule has 0 heterocycles. The van der Waals surface area contributed by atoms with Crippen molar-refractivity contribution >= 4 is 5.97 Å². The van der Waals surface area contributed by atoms with Crippen LogP contribution in [0.2, 0.25) is 0 Å². The van der Waals surface area contributed by atoms with Gasteiger partial charge in [0.05, 0.1) is 13.5 Å². The first-order chi connectivity index (χ1) is 7.02. The third-order valence-electron chi connectivity index (χ3n) is 2.61. The van der Waals surface area contributed by atoms with E-state index in [0.717, 1.165) is 12.8 Å². The number of unbranched alkanes of at least 4 members (excludes halogenated alkanes) is 3. The van der Waals surface area contributed by atoms with Gasteiger partial charge < -0.3 is 4.74 Å². The van der Waals surface area contributed by atoms with Crippen LogP contribution in [0, 0.1) is 5.41 Å². The number of hydrogen-bond acceptors (Lipinski definition) is 2. The Morgan fingerprint density at radius 3 is 2.53 bits per heavy atom. The first kappa shape index (κ1) is 14.2. The van der Waals surface area contributed by atoms with Crippen molar-refractivity contribution in [1.29, 1.82) is 0 Å².